The lowest BCUT2D eigenvalue weighted by molar-refractivity contribution is -0.124. The van der Waals surface area contributed by atoms with Gasteiger partial charge >= 0.3 is 0 Å². The largest absolute Gasteiger partial charge is 0.292 e. The molecule has 2 fully saturated rings. The summed E-state index contributed by atoms with van der Waals surface area (Å²) in [7, 11) is 2.01. The maximum Gasteiger partial charge on any atom is 0.250 e. The van der Waals surface area contributed by atoms with Gasteiger partial charge in [0.1, 0.15) is 0 Å². The molecular weight excluding hydrogens is 238 g/mol. The minimum absolute atomic E-state index is 0.0854. The average molecular weight is 267 g/mol. The van der Waals surface area contributed by atoms with E-state index in [2.05, 4.69) is 10.2 Å². The highest BCUT2D eigenvalue weighted by atomic mass is 16.2. The second-order valence-corrected chi connectivity index (χ2v) is 4.63. The van der Waals surface area contributed by atoms with Gasteiger partial charge in [0.15, 0.2) is 6.19 Å². The number of carbonyl (C=O) groups is 1. The number of likely N-dealkylation sites (tertiary alicyclic amines) is 1. The van der Waals surface area contributed by atoms with Gasteiger partial charge in [0, 0.05) is 6.04 Å². The molecule has 0 aromatic carbocycles. The molecule has 0 bridgehead atoms. The van der Waals surface area contributed by atoms with E-state index in [1.807, 2.05) is 34.7 Å². The highest BCUT2D eigenvalue weighted by Crippen LogP contribution is 2.38. The first-order valence-electron chi connectivity index (χ1n) is 7.65. The van der Waals surface area contributed by atoms with E-state index in [9.17, 15) is 4.79 Å². The first kappa shape index (κ1) is 17.9. The molecule has 110 valence electrons. The van der Waals surface area contributed by atoms with Crippen LogP contribution in [0, 0.1) is 17.4 Å². The fourth-order valence-electron chi connectivity index (χ4n) is 3.11. The molecule has 19 heavy (non-hydrogen) atoms. The van der Waals surface area contributed by atoms with E-state index in [1.165, 1.54) is 25.7 Å². The van der Waals surface area contributed by atoms with Gasteiger partial charge in [0.25, 0.3) is 0 Å². The van der Waals surface area contributed by atoms with E-state index in [4.69, 9.17) is 5.26 Å². The Bertz CT molecular complexity index is 298. The first-order chi connectivity index (χ1) is 9.24. The lowest BCUT2D eigenvalue weighted by atomic mass is 9.85. The molecule has 4 nitrogen and oxygen atoms in total. The van der Waals surface area contributed by atoms with Gasteiger partial charge in [-0.2, -0.15) is 5.26 Å². The Labute approximate surface area is 118 Å². The number of amides is 1. The summed E-state index contributed by atoms with van der Waals surface area (Å²) in [5.41, 5.74) is 0. The van der Waals surface area contributed by atoms with Crippen LogP contribution in [0.25, 0.3) is 0 Å². The summed E-state index contributed by atoms with van der Waals surface area (Å²) in [5, 5.41) is 10.7. The summed E-state index contributed by atoms with van der Waals surface area (Å²) in [6.45, 7) is 8.00. The number of nitrogens with zero attached hydrogens (tertiary/aromatic N) is 2. The maximum atomic E-state index is 11.6. The van der Waals surface area contributed by atoms with Crippen LogP contribution >= 0.6 is 0 Å². The monoisotopic (exact) mass is 267 g/mol. The molecule has 4 heteroatoms. The first-order valence-corrected chi connectivity index (χ1v) is 7.65. The third kappa shape index (κ3) is 4.50. The summed E-state index contributed by atoms with van der Waals surface area (Å²) in [4.78, 5) is 13.8. The quantitative estimate of drug-likeness (QED) is 0.587. The number of fused-ring (bicyclic) bond motifs is 1. The molecule has 0 radical (unpaired) electrons. The molecule has 3 atom stereocenters. The van der Waals surface area contributed by atoms with Crippen LogP contribution in [0.4, 0.5) is 0 Å². The lowest BCUT2D eigenvalue weighted by Crippen LogP contribution is -2.43. The molecule has 1 saturated heterocycles. The zero-order chi connectivity index (χ0) is 14.8. The number of carbonyl (C=O) groups excluding carboxylic acids is 1. The molecule has 3 unspecified atom stereocenters. The number of likely N-dealkylation sites (N-methyl/N-ethyl adjacent to an activating group) is 1. The fraction of sp³-hybridized carbons (Fsp3) is 0.867. The molecule has 1 aliphatic heterocycles. The van der Waals surface area contributed by atoms with Gasteiger partial charge < -0.3 is 0 Å². The van der Waals surface area contributed by atoms with E-state index in [0.29, 0.717) is 12.0 Å². The molecule has 0 aromatic heterocycles. The van der Waals surface area contributed by atoms with Crippen molar-refractivity contribution in [2.45, 2.75) is 71.9 Å². The van der Waals surface area contributed by atoms with Crippen molar-refractivity contribution in [3.63, 3.8) is 0 Å². The van der Waals surface area contributed by atoms with E-state index in [-0.39, 0.29) is 11.9 Å². The van der Waals surface area contributed by atoms with E-state index in [1.54, 1.807) is 6.19 Å². The van der Waals surface area contributed by atoms with Gasteiger partial charge in [-0.1, -0.05) is 40.5 Å². The second kappa shape index (κ2) is 9.80. The number of nitriles is 1. The van der Waals surface area contributed by atoms with Crippen LogP contribution in [0.2, 0.25) is 0 Å². The molecule has 1 saturated carbocycles. The lowest BCUT2D eigenvalue weighted by Gasteiger charge is -2.30. The molecule has 1 heterocycles. The fourth-order valence-corrected chi connectivity index (χ4v) is 3.11. The second-order valence-electron chi connectivity index (χ2n) is 4.63. The van der Waals surface area contributed by atoms with Gasteiger partial charge in [0.05, 0.1) is 6.04 Å². The molecule has 2 aliphatic rings. The van der Waals surface area contributed by atoms with Gasteiger partial charge in [-0.05, 0) is 32.2 Å². The van der Waals surface area contributed by atoms with Crippen LogP contribution in [0.1, 0.15) is 59.8 Å². The van der Waals surface area contributed by atoms with Gasteiger partial charge in [-0.25, -0.2) is 0 Å². The van der Waals surface area contributed by atoms with E-state index in [0.717, 1.165) is 6.42 Å². The van der Waals surface area contributed by atoms with Crippen LogP contribution in [0.5, 0.6) is 0 Å². The smallest absolute Gasteiger partial charge is 0.250 e. The van der Waals surface area contributed by atoms with Crippen LogP contribution in [0.3, 0.4) is 0 Å². The van der Waals surface area contributed by atoms with Crippen molar-refractivity contribution in [1.82, 2.24) is 10.2 Å². The van der Waals surface area contributed by atoms with E-state index >= 15 is 0 Å². The Hall–Kier alpha value is -1.08. The summed E-state index contributed by atoms with van der Waals surface area (Å²) in [5.74, 6) is 0.535. The third-order valence-corrected chi connectivity index (χ3v) is 3.89. The predicted molar refractivity (Wildman–Crippen MR) is 78.4 cm³/mol. The number of rotatable bonds is 1. The average Bonchev–Trinajstić information content (AvgIpc) is 2.81. The summed E-state index contributed by atoms with van der Waals surface area (Å²) < 4.78 is 0. The highest BCUT2D eigenvalue weighted by molar-refractivity contribution is 5.83. The van der Waals surface area contributed by atoms with Crippen molar-refractivity contribution in [2.75, 3.05) is 7.05 Å². The van der Waals surface area contributed by atoms with Crippen molar-refractivity contribution < 1.29 is 4.79 Å². The van der Waals surface area contributed by atoms with Crippen LogP contribution < -0.4 is 5.32 Å². The topological polar surface area (TPSA) is 56.1 Å². The zero-order valence-electron chi connectivity index (χ0n) is 13.1. The van der Waals surface area contributed by atoms with Crippen LogP contribution in [-0.4, -0.2) is 29.9 Å². The SMILES string of the molecule is CC.CC.CN1C(C(=O)NC#N)CC2CCCCC21. The normalized spacial score (nSPS) is 28.7. The van der Waals surface area contributed by atoms with Crippen molar-refractivity contribution >= 4 is 5.91 Å². The molecule has 2 rings (SSSR count). The van der Waals surface area contributed by atoms with Crippen LogP contribution in [-0.2, 0) is 4.79 Å². The van der Waals surface area contributed by atoms with Crippen molar-refractivity contribution in [2.24, 2.45) is 5.92 Å². The Kier molecular flexibility index (Phi) is 9.24. The molecule has 0 aromatic rings. The number of hydrogen-bond donors (Lipinski definition) is 1. The number of hydrogen-bond acceptors (Lipinski definition) is 3. The summed E-state index contributed by atoms with van der Waals surface area (Å²) in [6.07, 6.45) is 7.66. The molecule has 1 amide bonds. The van der Waals surface area contributed by atoms with Crippen molar-refractivity contribution in [3.8, 4) is 6.19 Å². The Balaban J connectivity index is 0.000000741. The minimum Gasteiger partial charge on any atom is -0.292 e. The Morgan fingerprint density at radius 2 is 1.79 bits per heavy atom. The third-order valence-electron chi connectivity index (χ3n) is 3.89. The van der Waals surface area contributed by atoms with Crippen molar-refractivity contribution in [3.05, 3.63) is 0 Å². The van der Waals surface area contributed by atoms with Crippen molar-refractivity contribution in [1.29, 1.82) is 5.26 Å². The highest BCUT2D eigenvalue weighted by Gasteiger charge is 2.42. The Morgan fingerprint density at radius 3 is 2.32 bits per heavy atom. The molecule has 1 aliphatic carbocycles. The Morgan fingerprint density at radius 1 is 1.21 bits per heavy atom. The molecular formula is C15H29N3O. The zero-order valence-corrected chi connectivity index (χ0v) is 13.1. The van der Waals surface area contributed by atoms with Gasteiger partial charge in [-0.15, -0.1) is 0 Å². The molecule has 1 N–H and O–H groups in total. The summed E-state index contributed by atoms with van der Waals surface area (Å²) in [6, 6.07) is 0.478. The number of nitrogens with one attached hydrogen (secondary N) is 1. The van der Waals surface area contributed by atoms with Crippen LogP contribution in [0.15, 0.2) is 0 Å². The van der Waals surface area contributed by atoms with E-state index < -0.39 is 0 Å². The van der Waals surface area contributed by atoms with Gasteiger partial charge in [-0.3, -0.25) is 15.0 Å². The standard InChI is InChI=1S/C11H17N3O.2C2H6/c1-14-9-5-3-2-4-8(9)6-10(14)11(15)13-7-12;2*1-2/h8-10H,2-6H2,1H3,(H,13,15);2*1-2H3. The van der Waals surface area contributed by atoms with Gasteiger partial charge in [0.2, 0.25) is 5.91 Å². The molecule has 0 spiro atoms. The summed E-state index contributed by atoms with van der Waals surface area (Å²) >= 11 is 0. The minimum atomic E-state index is -0.130. The predicted octanol–water partition coefficient (Wildman–Crippen LogP) is 2.90. The maximum absolute atomic E-state index is 11.6.